The standard InChI is InChI=1S/C20H28N2/c1-14(2)16-10-9-11-17(15(3)4)20(16)21-18-12-7-8-13-19(18)22(5)6/h7-15,21H,1-6H3. The molecule has 0 atom stereocenters. The molecule has 0 amide bonds. The molecule has 0 saturated heterocycles. The number of nitrogens with zero attached hydrogens (tertiary/aromatic N) is 1. The summed E-state index contributed by atoms with van der Waals surface area (Å²) in [6.45, 7) is 9.01. The summed E-state index contributed by atoms with van der Waals surface area (Å²) in [7, 11) is 4.16. The van der Waals surface area contributed by atoms with Gasteiger partial charge in [0.25, 0.3) is 0 Å². The summed E-state index contributed by atoms with van der Waals surface area (Å²) in [5, 5.41) is 3.71. The molecule has 22 heavy (non-hydrogen) atoms. The van der Waals surface area contributed by atoms with Crippen LogP contribution in [0.4, 0.5) is 17.1 Å². The average molecular weight is 296 g/mol. The zero-order valence-corrected chi connectivity index (χ0v) is 14.6. The maximum absolute atomic E-state index is 3.71. The highest BCUT2D eigenvalue weighted by Gasteiger charge is 2.15. The zero-order chi connectivity index (χ0) is 16.3. The third-order valence-electron chi connectivity index (χ3n) is 4.02. The second-order valence-electron chi connectivity index (χ2n) is 6.66. The Morgan fingerprint density at radius 2 is 1.32 bits per heavy atom. The van der Waals surface area contributed by atoms with Gasteiger partial charge in [0.05, 0.1) is 11.4 Å². The normalized spacial score (nSPS) is 11.1. The van der Waals surface area contributed by atoms with Crippen molar-refractivity contribution in [1.82, 2.24) is 0 Å². The van der Waals surface area contributed by atoms with Crippen molar-refractivity contribution in [2.45, 2.75) is 39.5 Å². The average Bonchev–Trinajstić information content (AvgIpc) is 2.47. The first kappa shape index (κ1) is 16.4. The van der Waals surface area contributed by atoms with Crippen LogP contribution in [-0.2, 0) is 0 Å². The molecule has 0 aliphatic rings. The lowest BCUT2D eigenvalue weighted by molar-refractivity contribution is 0.838. The van der Waals surface area contributed by atoms with E-state index < -0.39 is 0 Å². The van der Waals surface area contributed by atoms with E-state index in [2.05, 4.69) is 94.5 Å². The Labute approximate surface area is 135 Å². The van der Waals surface area contributed by atoms with Gasteiger partial charge in [-0.1, -0.05) is 58.0 Å². The fraction of sp³-hybridized carbons (Fsp3) is 0.400. The van der Waals surface area contributed by atoms with Crippen LogP contribution in [0.25, 0.3) is 0 Å². The highest BCUT2D eigenvalue weighted by atomic mass is 15.1. The molecule has 0 spiro atoms. The van der Waals surface area contributed by atoms with Crippen LogP contribution in [0.1, 0.15) is 50.7 Å². The van der Waals surface area contributed by atoms with E-state index in [4.69, 9.17) is 0 Å². The second-order valence-corrected chi connectivity index (χ2v) is 6.66. The molecular formula is C20H28N2. The highest BCUT2D eigenvalue weighted by molar-refractivity contribution is 5.78. The Hall–Kier alpha value is -1.96. The summed E-state index contributed by atoms with van der Waals surface area (Å²) in [5.41, 5.74) is 6.37. The Balaban J connectivity index is 2.53. The van der Waals surface area contributed by atoms with E-state index in [0.717, 1.165) is 5.69 Å². The number of hydrogen-bond acceptors (Lipinski definition) is 2. The van der Waals surface area contributed by atoms with Gasteiger partial charge < -0.3 is 10.2 Å². The topological polar surface area (TPSA) is 15.3 Å². The van der Waals surface area contributed by atoms with Crippen LogP contribution in [-0.4, -0.2) is 14.1 Å². The summed E-state index contributed by atoms with van der Waals surface area (Å²) in [6, 6.07) is 15.1. The molecule has 2 nitrogen and oxygen atoms in total. The molecule has 0 unspecified atom stereocenters. The monoisotopic (exact) mass is 296 g/mol. The quantitative estimate of drug-likeness (QED) is 0.756. The van der Waals surface area contributed by atoms with Gasteiger partial charge in [-0.15, -0.1) is 0 Å². The molecule has 0 aliphatic heterocycles. The predicted octanol–water partition coefficient (Wildman–Crippen LogP) is 5.74. The summed E-state index contributed by atoms with van der Waals surface area (Å²) in [6.07, 6.45) is 0. The van der Waals surface area contributed by atoms with Crippen molar-refractivity contribution in [3.05, 3.63) is 53.6 Å². The number of anilines is 3. The van der Waals surface area contributed by atoms with E-state index in [1.807, 2.05) is 0 Å². The van der Waals surface area contributed by atoms with Gasteiger partial charge in [0.15, 0.2) is 0 Å². The van der Waals surface area contributed by atoms with E-state index >= 15 is 0 Å². The molecule has 0 heterocycles. The van der Waals surface area contributed by atoms with E-state index in [0.29, 0.717) is 11.8 Å². The third-order valence-corrected chi connectivity index (χ3v) is 4.02. The second kappa shape index (κ2) is 6.87. The molecule has 0 fully saturated rings. The number of para-hydroxylation sites is 3. The highest BCUT2D eigenvalue weighted by Crippen LogP contribution is 2.36. The molecule has 2 aromatic rings. The lowest BCUT2D eigenvalue weighted by Crippen LogP contribution is -2.12. The summed E-state index contributed by atoms with van der Waals surface area (Å²) in [5.74, 6) is 0.987. The molecule has 0 aromatic heterocycles. The number of hydrogen-bond donors (Lipinski definition) is 1. The summed E-state index contributed by atoms with van der Waals surface area (Å²) in [4.78, 5) is 2.15. The lowest BCUT2D eigenvalue weighted by Gasteiger charge is -2.24. The lowest BCUT2D eigenvalue weighted by atomic mass is 9.92. The fourth-order valence-corrected chi connectivity index (χ4v) is 2.80. The SMILES string of the molecule is CC(C)c1cccc(C(C)C)c1Nc1ccccc1N(C)C. The van der Waals surface area contributed by atoms with E-state index in [9.17, 15) is 0 Å². The first-order valence-corrected chi connectivity index (χ1v) is 8.08. The van der Waals surface area contributed by atoms with Gasteiger partial charge in [-0.25, -0.2) is 0 Å². The van der Waals surface area contributed by atoms with Crippen molar-refractivity contribution in [2.24, 2.45) is 0 Å². The molecule has 2 heteroatoms. The summed E-state index contributed by atoms with van der Waals surface area (Å²) < 4.78 is 0. The molecular weight excluding hydrogens is 268 g/mol. The number of nitrogens with one attached hydrogen (secondary N) is 1. The number of benzene rings is 2. The number of rotatable bonds is 5. The van der Waals surface area contributed by atoms with Crippen molar-refractivity contribution < 1.29 is 0 Å². The predicted molar refractivity (Wildman–Crippen MR) is 98.7 cm³/mol. The first-order valence-electron chi connectivity index (χ1n) is 8.08. The van der Waals surface area contributed by atoms with Crippen molar-refractivity contribution in [1.29, 1.82) is 0 Å². The van der Waals surface area contributed by atoms with Gasteiger partial charge in [0.1, 0.15) is 0 Å². The van der Waals surface area contributed by atoms with Crippen LogP contribution < -0.4 is 10.2 Å². The smallest absolute Gasteiger partial charge is 0.0622 e. The summed E-state index contributed by atoms with van der Waals surface area (Å²) >= 11 is 0. The van der Waals surface area contributed by atoms with Gasteiger partial charge in [-0.3, -0.25) is 0 Å². The maximum atomic E-state index is 3.71. The van der Waals surface area contributed by atoms with Crippen LogP contribution in [0.3, 0.4) is 0 Å². The van der Waals surface area contributed by atoms with E-state index in [1.54, 1.807) is 0 Å². The molecule has 0 bridgehead atoms. The van der Waals surface area contributed by atoms with E-state index in [-0.39, 0.29) is 0 Å². The maximum Gasteiger partial charge on any atom is 0.0622 e. The zero-order valence-electron chi connectivity index (χ0n) is 14.6. The van der Waals surface area contributed by atoms with Crippen molar-refractivity contribution in [3.63, 3.8) is 0 Å². The van der Waals surface area contributed by atoms with Crippen LogP contribution in [0.2, 0.25) is 0 Å². The molecule has 118 valence electrons. The van der Waals surface area contributed by atoms with Gasteiger partial charge in [-0.2, -0.15) is 0 Å². The van der Waals surface area contributed by atoms with E-state index in [1.165, 1.54) is 22.5 Å². The van der Waals surface area contributed by atoms with Gasteiger partial charge in [0, 0.05) is 19.8 Å². The first-order chi connectivity index (χ1) is 10.4. The Morgan fingerprint density at radius 3 is 1.82 bits per heavy atom. The molecule has 0 saturated carbocycles. The minimum absolute atomic E-state index is 0.493. The Kier molecular flexibility index (Phi) is 5.12. The Bertz CT molecular complexity index is 601. The minimum Gasteiger partial charge on any atom is -0.376 e. The molecule has 2 rings (SSSR count). The molecule has 1 N–H and O–H groups in total. The Morgan fingerprint density at radius 1 is 0.773 bits per heavy atom. The fourth-order valence-electron chi connectivity index (χ4n) is 2.80. The molecule has 2 aromatic carbocycles. The van der Waals surface area contributed by atoms with Crippen LogP contribution in [0.5, 0.6) is 0 Å². The van der Waals surface area contributed by atoms with Crippen molar-refractivity contribution in [2.75, 3.05) is 24.3 Å². The van der Waals surface area contributed by atoms with Crippen LogP contribution in [0.15, 0.2) is 42.5 Å². The van der Waals surface area contributed by atoms with Crippen LogP contribution in [0, 0.1) is 0 Å². The van der Waals surface area contributed by atoms with Gasteiger partial charge in [-0.05, 0) is 35.1 Å². The van der Waals surface area contributed by atoms with Crippen molar-refractivity contribution >= 4 is 17.1 Å². The minimum atomic E-state index is 0.493. The van der Waals surface area contributed by atoms with Crippen LogP contribution >= 0.6 is 0 Å². The molecule has 0 aliphatic carbocycles. The molecule has 0 radical (unpaired) electrons. The largest absolute Gasteiger partial charge is 0.376 e. The van der Waals surface area contributed by atoms with Crippen molar-refractivity contribution in [3.8, 4) is 0 Å². The van der Waals surface area contributed by atoms with Gasteiger partial charge >= 0.3 is 0 Å². The third kappa shape index (κ3) is 3.44. The van der Waals surface area contributed by atoms with Gasteiger partial charge in [0.2, 0.25) is 0 Å².